The minimum atomic E-state index is -0.775. The Morgan fingerprint density at radius 3 is 2.15 bits per heavy atom. The van der Waals surface area contributed by atoms with E-state index in [1.807, 2.05) is 60.7 Å². The summed E-state index contributed by atoms with van der Waals surface area (Å²) in [6.45, 7) is 0. The number of amides is 1. The Morgan fingerprint density at radius 2 is 1.45 bits per heavy atom. The fourth-order valence-electron chi connectivity index (χ4n) is 3.69. The van der Waals surface area contributed by atoms with Crippen molar-refractivity contribution >= 4 is 22.8 Å². The highest BCUT2D eigenvalue weighted by Gasteiger charge is 2.25. The number of carbonyl (C=O) groups excluding carboxylic acids is 1. The number of anilines is 1. The summed E-state index contributed by atoms with van der Waals surface area (Å²) in [4.78, 5) is 25.4. The lowest BCUT2D eigenvalue weighted by Gasteiger charge is -2.03. The predicted octanol–water partition coefficient (Wildman–Crippen LogP) is 5.84. The Bertz CT molecular complexity index is 1580. The molecule has 5 aromatic rings. The fourth-order valence-corrected chi connectivity index (χ4v) is 3.69. The molecular weight excluding hydrogens is 416 g/mol. The number of nitrogens with one attached hydrogen (secondary N) is 1. The summed E-state index contributed by atoms with van der Waals surface area (Å²) >= 11 is 0. The number of para-hydroxylation sites is 1. The molecule has 0 atom stereocenters. The Kier molecular flexibility index (Phi) is 5.06. The number of carbonyl (C=O) groups is 1. The van der Waals surface area contributed by atoms with E-state index in [-0.39, 0.29) is 17.0 Å². The van der Waals surface area contributed by atoms with Crippen LogP contribution in [-0.2, 0) is 0 Å². The van der Waals surface area contributed by atoms with Gasteiger partial charge in [-0.1, -0.05) is 78.9 Å². The maximum absolute atomic E-state index is 13.0. The molecule has 6 nitrogen and oxygen atoms in total. The summed E-state index contributed by atoms with van der Waals surface area (Å²) < 4.78 is 11.3. The first kappa shape index (κ1) is 20.0. The van der Waals surface area contributed by atoms with Crippen molar-refractivity contribution in [3.05, 3.63) is 113 Å². The molecular formula is C27H16N2O4. The van der Waals surface area contributed by atoms with Gasteiger partial charge in [-0.25, -0.2) is 4.79 Å². The molecule has 0 aliphatic heterocycles. The van der Waals surface area contributed by atoms with Crippen LogP contribution in [0.15, 0.2) is 105 Å². The predicted molar refractivity (Wildman–Crippen MR) is 125 cm³/mol. The summed E-state index contributed by atoms with van der Waals surface area (Å²) in [6.07, 6.45) is 0. The van der Waals surface area contributed by atoms with Crippen molar-refractivity contribution in [2.45, 2.75) is 0 Å². The van der Waals surface area contributed by atoms with Crippen LogP contribution in [0.3, 0.4) is 0 Å². The zero-order valence-corrected chi connectivity index (χ0v) is 17.2. The molecule has 1 amide bonds. The van der Waals surface area contributed by atoms with Gasteiger partial charge in [0.2, 0.25) is 5.88 Å². The molecule has 5 rings (SSSR count). The van der Waals surface area contributed by atoms with Gasteiger partial charge in [0.05, 0.1) is 0 Å². The molecule has 33 heavy (non-hydrogen) atoms. The maximum atomic E-state index is 13.0. The molecule has 0 bridgehead atoms. The lowest BCUT2D eigenvalue weighted by atomic mass is 9.98. The number of furan rings is 1. The average Bonchev–Trinajstić information content (AvgIpc) is 3.22. The fraction of sp³-hybridized carbons (Fsp3) is 0. The zero-order chi connectivity index (χ0) is 22.8. The number of benzene rings is 3. The van der Waals surface area contributed by atoms with E-state index in [0.717, 1.165) is 11.1 Å². The molecule has 0 spiro atoms. The number of hydrogen-bond acceptors (Lipinski definition) is 5. The molecule has 158 valence electrons. The largest absolute Gasteiger partial charge is 0.438 e. The van der Waals surface area contributed by atoms with Gasteiger partial charge in [-0.2, -0.15) is 5.26 Å². The first-order valence-electron chi connectivity index (χ1n) is 10.2. The highest BCUT2D eigenvalue weighted by atomic mass is 16.4. The van der Waals surface area contributed by atoms with Crippen LogP contribution in [0.25, 0.3) is 33.4 Å². The molecule has 2 aromatic heterocycles. The second-order valence-electron chi connectivity index (χ2n) is 7.29. The normalized spacial score (nSPS) is 10.6. The standard InChI is InChI=1S/C27H16N2O4/c28-16-21-23(17-9-3-1-4-10-17)24(18-11-5-2-6-12-18)33-26(21)29-25(30)20-15-19-13-7-8-14-22(19)32-27(20)31/h1-15H,(H,29,30). The molecule has 0 saturated heterocycles. The van der Waals surface area contributed by atoms with Crippen molar-refractivity contribution in [1.29, 1.82) is 5.26 Å². The average molecular weight is 432 g/mol. The lowest BCUT2D eigenvalue weighted by molar-refractivity contribution is 0.102. The Hall–Kier alpha value is -4.89. The van der Waals surface area contributed by atoms with Crippen LogP contribution in [0.2, 0.25) is 0 Å². The molecule has 1 N–H and O–H groups in total. The van der Waals surface area contributed by atoms with Crippen molar-refractivity contribution in [1.82, 2.24) is 0 Å². The second-order valence-corrected chi connectivity index (χ2v) is 7.29. The quantitative estimate of drug-likeness (QED) is 0.360. The van der Waals surface area contributed by atoms with E-state index in [9.17, 15) is 14.9 Å². The molecule has 0 aliphatic rings. The van der Waals surface area contributed by atoms with Gasteiger partial charge in [0.15, 0.2) is 0 Å². The van der Waals surface area contributed by atoms with Crippen molar-refractivity contribution in [2.75, 3.05) is 5.32 Å². The van der Waals surface area contributed by atoms with Crippen LogP contribution in [0.1, 0.15) is 15.9 Å². The minimum absolute atomic E-state index is 0.0345. The van der Waals surface area contributed by atoms with E-state index < -0.39 is 11.5 Å². The number of nitriles is 1. The van der Waals surface area contributed by atoms with Crippen LogP contribution >= 0.6 is 0 Å². The topological polar surface area (TPSA) is 96.2 Å². The highest BCUT2D eigenvalue weighted by Crippen LogP contribution is 2.41. The molecule has 0 saturated carbocycles. The van der Waals surface area contributed by atoms with Gasteiger partial charge in [0.25, 0.3) is 5.91 Å². The third-order valence-corrected chi connectivity index (χ3v) is 5.23. The molecule has 0 radical (unpaired) electrons. The number of fused-ring (bicyclic) bond motifs is 1. The molecule has 2 heterocycles. The SMILES string of the molecule is N#Cc1c(NC(=O)c2cc3ccccc3oc2=O)oc(-c2ccccc2)c1-c1ccccc1. The Labute approximate surface area is 188 Å². The van der Waals surface area contributed by atoms with E-state index in [1.54, 1.807) is 24.3 Å². The van der Waals surface area contributed by atoms with Gasteiger partial charge in [-0.3, -0.25) is 10.1 Å². The van der Waals surface area contributed by atoms with Gasteiger partial charge in [0, 0.05) is 16.5 Å². The summed E-state index contributed by atoms with van der Waals surface area (Å²) in [5.41, 5.74) is 1.66. The molecule has 0 aliphatic carbocycles. The second kappa shape index (κ2) is 8.33. The van der Waals surface area contributed by atoms with Gasteiger partial charge in [-0.15, -0.1) is 0 Å². The molecule has 6 heteroatoms. The number of hydrogen-bond donors (Lipinski definition) is 1. The van der Waals surface area contributed by atoms with E-state index in [0.29, 0.717) is 22.3 Å². The first-order chi connectivity index (χ1) is 16.2. The van der Waals surface area contributed by atoms with Gasteiger partial charge in [-0.05, 0) is 17.7 Å². The Morgan fingerprint density at radius 1 is 0.818 bits per heavy atom. The van der Waals surface area contributed by atoms with Crippen LogP contribution in [0.5, 0.6) is 0 Å². The number of rotatable bonds is 4. The highest BCUT2D eigenvalue weighted by molar-refractivity contribution is 6.06. The zero-order valence-electron chi connectivity index (χ0n) is 17.2. The Balaban J connectivity index is 1.63. The van der Waals surface area contributed by atoms with Crippen molar-refractivity contribution in [3.8, 4) is 28.5 Å². The van der Waals surface area contributed by atoms with Crippen molar-refractivity contribution in [2.24, 2.45) is 0 Å². The van der Waals surface area contributed by atoms with Crippen LogP contribution in [0.4, 0.5) is 5.88 Å². The maximum Gasteiger partial charge on any atom is 0.349 e. The van der Waals surface area contributed by atoms with Crippen molar-refractivity contribution < 1.29 is 13.6 Å². The lowest BCUT2D eigenvalue weighted by Crippen LogP contribution is -2.20. The minimum Gasteiger partial charge on any atom is -0.438 e. The monoisotopic (exact) mass is 432 g/mol. The molecule has 0 fully saturated rings. The number of nitrogens with zero attached hydrogens (tertiary/aromatic N) is 1. The van der Waals surface area contributed by atoms with Gasteiger partial charge in [0.1, 0.15) is 28.5 Å². The first-order valence-corrected chi connectivity index (χ1v) is 10.2. The summed E-state index contributed by atoms with van der Waals surface area (Å²) in [5, 5.41) is 13.2. The smallest absolute Gasteiger partial charge is 0.349 e. The molecule has 0 unspecified atom stereocenters. The van der Waals surface area contributed by atoms with E-state index in [2.05, 4.69) is 11.4 Å². The van der Waals surface area contributed by atoms with E-state index >= 15 is 0 Å². The summed E-state index contributed by atoms with van der Waals surface area (Å²) in [5.74, 6) is -0.314. The van der Waals surface area contributed by atoms with Gasteiger partial charge >= 0.3 is 5.63 Å². The van der Waals surface area contributed by atoms with Gasteiger partial charge < -0.3 is 8.83 Å². The third-order valence-electron chi connectivity index (χ3n) is 5.23. The van der Waals surface area contributed by atoms with Crippen LogP contribution < -0.4 is 10.9 Å². The van der Waals surface area contributed by atoms with E-state index in [4.69, 9.17) is 8.83 Å². The van der Waals surface area contributed by atoms with Crippen molar-refractivity contribution in [3.63, 3.8) is 0 Å². The van der Waals surface area contributed by atoms with E-state index in [1.165, 1.54) is 6.07 Å². The van der Waals surface area contributed by atoms with Crippen LogP contribution in [0, 0.1) is 11.3 Å². The summed E-state index contributed by atoms with van der Waals surface area (Å²) in [6, 6.07) is 29.1. The summed E-state index contributed by atoms with van der Waals surface area (Å²) in [7, 11) is 0. The van der Waals surface area contributed by atoms with Crippen LogP contribution in [-0.4, -0.2) is 5.91 Å². The third kappa shape index (κ3) is 3.68. The molecule has 3 aromatic carbocycles.